The van der Waals surface area contributed by atoms with Gasteiger partial charge in [0.1, 0.15) is 5.82 Å². The maximum absolute atomic E-state index is 11.8. The molecule has 94 valence electrons. The van der Waals surface area contributed by atoms with E-state index in [9.17, 15) is 4.79 Å². The van der Waals surface area contributed by atoms with Crippen molar-refractivity contribution in [3.63, 3.8) is 0 Å². The van der Waals surface area contributed by atoms with Gasteiger partial charge in [0.05, 0.1) is 0 Å². The Morgan fingerprint density at radius 2 is 2.18 bits per heavy atom. The van der Waals surface area contributed by atoms with E-state index in [1.54, 1.807) is 12.1 Å². The van der Waals surface area contributed by atoms with Gasteiger partial charge in [0.2, 0.25) is 0 Å². The first-order valence-electron chi connectivity index (χ1n) is 5.97. The number of carbonyl (C=O) groups excluding carboxylic acids is 1. The van der Waals surface area contributed by atoms with Gasteiger partial charge in [-0.15, -0.1) is 0 Å². The summed E-state index contributed by atoms with van der Waals surface area (Å²) in [5, 5.41) is 2.87. The second kappa shape index (κ2) is 6.85. The molecule has 0 saturated carbocycles. The fourth-order valence-electron chi connectivity index (χ4n) is 1.45. The second-order valence-electron chi connectivity index (χ2n) is 3.84. The van der Waals surface area contributed by atoms with Crippen LogP contribution in [0.5, 0.6) is 0 Å². The molecule has 4 N–H and O–H groups in total. The monoisotopic (exact) mass is 236 g/mol. The lowest BCUT2D eigenvalue weighted by Crippen LogP contribution is -2.25. The van der Waals surface area contributed by atoms with Crippen molar-refractivity contribution in [2.24, 2.45) is 5.84 Å². The summed E-state index contributed by atoms with van der Waals surface area (Å²) in [6.07, 6.45) is 2.82. The molecule has 0 bridgehead atoms. The summed E-state index contributed by atoms with van der Waals surface area (Å²) in [6, 6.07) is 3.45. The van der Waals surface area contributed by atoms with Gasteiger partial charge >= 0.3 is 0 Å². The number of rotatable bonds is 6. The SMILES string of the molecule is CCCCNC(=O)c1cc(CC)nc(NN)c1. The lowest BCUT2D eigenvalue weighted by molar-refractivity contribution is 0.0953. The quantitative estimate of drug-likeness (QED) is 0.397. The number of hydrogen-bond acceptors (Lipinski definition) is 4. The molecule has 0 fully saturated rings. The molecule has 0 aliphatic carbocycles. The molecule has 0 saturated heterocycles. The number of aromatic nitrogens is 1. The number of nitrogen functional groups attached to an aromatic ring is 1. The summed E-state index contributed by atoms with van der Waals surface area (Å²) in [5.41, 5.74) is 3.92. The maximum Gasteiger partial charge on any atom is 0.251 e. The van der Waals surface area contributed by atoms with Gasteiger partial charge in [0, 0.05) is 17.8 Å². The van der Waals surface area contributed by atoms with E-state index >= 15 is 0 Å². The van der Waals surface area contributed by atoms with E-state index in [0.717, 1.165) is 25.0 Å². The van der Waals surface area contributed by atoms with Crippen LogP contribution in [0.4, 0.5) is 5.82 Å². The van der Waals surface area contributed by atoms with E-state index in [4.69, 9.17) is 5.84 Å². The summed E-state index contributed by atoms with van der Waals surface area (Å²) in [6.45, 7) is 4.77. The molecule has 1 aromatic rings. The molecule has 0 spiro atoms. The zero-order valence-corrected chi connectivity index (χ0v) is 10.4. The van der Waals surface area contributed by atoms with Crippen LogP contribution >= 0.6 is 0 Å². The topological polar surface area (TPSA) is 80.0 Å². The zero-order chi connectivity index (χ0) is 12.7. The number of unbranched alkanes of at least 4 members (excludes halogenated alkanes) is 1. The number of carbonyl (C=O) groups is 1. The average molecular weight is 236 g/mol. The normalized spacial score (nSPS) is 10.1. The van der Waals surface area contributed by atoms with E-state index in [1.165, 1.54) is 0 Å². The molecular formula is C12H20N4O. The number of amides is 1. The highest BCUT2D eigenvalue weighted by Crippen LogP contribution is 2.10. The molecule has 1 rings (SSSR count). The Bertz CT molecular complexity index is 357. The van der Waals surface area contributed by atoms with Gasteiger partial charge < -0.3 is 10.7 Å². The number of hydrazine groups is 1. The predicted molar refractivity (Wildman–Crippen MR) is 68.7 cm³/mol. The Morgan fingerprint density at radius 1 is 1.41 bits per heavy atom. The molecule has 5 nitrogen and oxygen atoms in total. The van der Waals surface area contributed by atoms with Crippen molar-refractivity contribution in [2.45, 2.75) is 33.1 Å². The maximum atomic E-state index is 11.8. The first-order valence-corrected chi connectivity index (χ1v) is 5.97. The first-order chi connectivity index (χ1) is 8.21. The zero-order valence-electron chi connectivity index (χ0n) is 10.4. The van der Waals surface area contributed by atoms with E-state index in [0.29, 0.717) is 17.9 Å². The molecule has 0 aliphatic heterocycles. The Balaban J connectivity index is 2.77. The van der Waals surface area contributed by atoms with E-state index in [1.807, 2.05) is 6.92 Å². The number of nitrogens with zero attached hydrogens (tertiary/aromatic N) is 1. The third-order valence-electron chi connectivity index (χ3n) is 2.47. The molecule has 17 heavy (non-hydrogen) atoms. The highest BCUT2D eigenvalue weighted by molar-refractivity contribution is 5.94. The molecule has 1 heterocycles. The van der Waals surface area contributed by atoms with E-state index in [2.05, 4.69) is 22.7 Å². The molecule has 0 radical (unpaired) electrons. The lowest BCUT2D eigenvalue weighted by Gasteiger charge is -2.08. The Hall–Kier alpha value is -1.62. The number of nitrogens with one attached hydrogen (secondary N) is 2. The van der Waals surface area contributed by atoms with Crippen molar-refractivity contribution in [1.82, 2.24) is 10.3 Å². The van der Waals surface area contributed by atoms with Crippen LogP contribution in [0.2, 0.25) is 0 Å². The third-order valence-corrected chi connectivity index (χ3v) is 2.47. The van der Waals surface area contributed by atoms with Crippen LogP contribution in [-0.2, 0) is 6.42 Å². The summed E-state index contributed by atoms with van der Waals surface area (Å²) in [5.74, 6) is 5.76. The van der Waals surface area contributed by atoms with Crippen LogP contribution in [0.1, 0.15) is 42.7 Å². The van der Waals surface area contributed by atoms with Gasteiger partial charge in [0.25, 0.3) is 5.91 Å². The number of nitrogens with two attached hydrogens (primary N) is 1. The van der Waals surface area contributed by atoms with Crippen molar-refractivity contribution in [1.29, 1.82) is 0 Å². The Labute approximate surface area is 102 Å². The highest BCUT2D eigenvalue weighted by atomic mass is 16.1. The van der Waals surface area contributed by atoms with E-state index < -0.39 is 0 Å². The van der Waals surface area contributed by atoms with Crippen molar-refractivity contribution < 1.29 is 4.79 Å². The standard InChI is InChI=1S/C12H20N4O/c1-3-5-6-14-12(17)9-7-10(4-2)15-11(8-9)16-13/h7-8H,3-6,13H2,1-2H3,(H,14,17)(H,15,16). The third kappa shape index (κ3) is 4.03. The van der Waals surface area contributed by atoms with Crippen LogP contribution in [0.25, 0.3) is 0 Å². The van der Waals surface area contributed by atoms with Crippen LogP contribution in [0.3, 0.4) is 0 Å². The molecule has 0 aromatic carbocycles. The number of anilines is 1. The summed E-state index contributed by atoms with van der Waals surface area (Å²) in [4.78, 5) is 16.1. The fourth-order valence-corrected chi connectivity index (χ4v) is 1.45. The number of hydrogen-bond donors (Lipinski definition) is 3. The average Bonchev–Trinajstić information content (AvgIpc) is 2.38. The molecule has 1 amide bonds. The number of pyridine rings is 1. The van der Waals surface area contributed by atoms with Crippen LogP contribution in [0, 0.1) is 0 Å². The molecule has 0 aliphatic rings. The first kappa shape index (κ1) is 13.4. The summed E-state index contributed by atoms with van der Waals surface area (Å²) in [7, 11) is 0. The molecular weight excluding hydrogens is 216 g/mol. The summed E-state index contributed by atoms with van der Waals surface area (Å²) >= 11 is 0. The Morgan fingerprint density at radius 3 is 2.76 bits per heavy atom. The van der Waals surface area contributed by atoms with Crippen molar-refractivity contribution in [3.8, 4) is 0 Å². The summed E-state index contributed by atoms with van der Waals surface area (Å²) < 4.78 is 0. The smallest absolute Gasteiger partial charge is 0.251 e. The van der Waals surface area contributed by atoms with Gasteiger partial charge in [-0.25, -0.2) is 10.8 Å². The van der Waals surface area contributed by atoms with Gasteiger partial charge in [0.15, 0.2) is 0 Å². The minimum Gasteiger partial charge on any atom is -0.352 e. The van der Waals surface area contributed by atoms with Gasteiger partial charge in [-0.3, -0.25) is 4.79 Å². The van der Waals surface area contributed by atoms with Crippen LogP contribution < -0.4 is 16.6 Å². The van der Waals surface area contributed by atoms with Crippen molar-refractivity contribution in [3.05, 3.63) is 23.4 Å². The number of aryl methyl sites for hydroxylation is 1. The molecule has 0 unspecified atom stereocenters. The Kier molecular flexibility index (Phi) is 5.42. The highest BCUT2D eigenvalue weighted by Gasteiger charge is 2.08. The lowest BCUT2D eigenvalue weighted by atomic mass is 10.2. The van der Waals surface area contributed by atoms with E-state index in [-0.39, 0.29) is 5.91 Å². The van der Waals surface area contributed by atoms with Crippen molar-refractivity contribution >= 4 is 11.7 Å². The predicted octanol–water partition coefficient (Wildman–Crippen LogP) is 1.46. The van der Waals surface area contributed by atoms with Gasteiger partial charge in [-0.1, -0.05) is 20.3 Å². The second-order valence-corrected chi connectivity index (χ2v) is 3.84. The van der Waals surface area contributed by atoms with Crippen LogP contribution in [-0.4, -0.2) is 17.4 Å². The van der Waals surface area contributed by atoms with Gasteiger partial charge in [-0.2, -0.15) is 0 Å². The fraction of sp³-hybridized carbons (Fsp3) is 0.500. The van der Waals surface area contributed by atoms with Crippen molar-refractivity contribution in [2.75, 3.05) is 12.0 Å². The minimum atomic E-state index is -0.0768. The minimum absolute atomic E-state index is 0.0768. The van der Waals surface area contributed by atoms with Crippen LogP contribution in [0.15, 0.2) is 12.1 Å². The molecule has 0 atom stereocenters. The molecule has 5 heteroatoms. The van der Waals surface area contributed by atoms with Gasteiger partial charge in [-0.05, 0) is 25.0 Å². The molecule has 1 aromatic heterocycles. The largest absolute Gasteiger partial charge is 0.352 e.